The molecule has 19 heavy (non-hydrogen) atoms. The molecule has 1 aliphatic carbocycles. The molecule has 1 aromatic carbocycles. The molecule has 0 saturated heterocycles. The van der Waals surface area contributed by atoms with Gasteiger partial charge in [-0.15, -0.1) is 0 Å². The molecule has 1 aromatic heterocycles. The van der Waals surface area contributed by atoms with Crippen LogP contribution in [0.4, 0.5) is 0 Å². The summed E-state index contributed by atoms with van der Waals surface area (Å²) in [6, 6.07) is 12.1. The molecule has 0 atom stereocenters. The number of nitrogens with zero attached hydrogens (tertiary/aromatic N) is 2. The van der Waals surface area contributed by atoms with E-state index in [0.29, 0.717) is 12.1 Å². The van der Waals surface area contributed by atoms with Crippen molar-refractivity contribution in [3.05, 3.63) is 53.4 Å². The smallest absolute Gasteiger partial charge is 0.0754 e. The average Bonchev–Trinajstić information content (AvgIpc) is 2.91. The molecule has 0 unspecified atom stereocenters. The van der Waals surface area contributed by atoms with Gasteiger partial charge in [0.1, 0.15) is 0 Å². The monoisotopic (exact) mass is 251 g/mol. The predicted octanol–water partition coefficient (Wildman–Crippen LogP) is 3.12. The molecule has 1 aliphatic rings. The van der Waals surface area contributed by atoms with Gasteiger partial charge in [-0.2, -0.15) is 10.2 Å². The van der Waals surface area contributed by atoms with Crippen molar-refractivity contribution >= 4 is 11.8 Å². The zero-order valence-electron chi connectivity index (χ0n) is 10.2. The van der Waals surface area contributed by atoms with E-state index in [2.05, 4.69) is 15.2 Å². The van der Waals surface area contributed by atoms with Crippen LogP contribution in [-0.2, 0) is 0 Å². The molecule has 0 fully saturated rings. The maximum absolute atomic E-state index is 7.12. The minimum Gasteiger partial charge on any atom is -0.354 e. The molecule has 0 spiro atoms. The largest absolute Gasteiger partial charge is 0.354 e. The molecule has 2 aromatic rings. The van der Waals surface area contributed by atoms with Crippen LogP contribution in [0.5, 0.6) is 0 Å². The number of aromatic amines is 1. The Kier molecular flexibility index (Phi) is 2.72. The second-order valence-electron chi connectivity index (χ2n) is 4.38. The number of rotatable bonds is 2. The average molecular weight is 251 g/mol. The fourth-order valence-electron chi connectivity index (χ4n) is 2.27. The third-order valence-corrected chi connectivity index (χ3v) is 3.20. The quantitative estimate of drug-likeness (QED) is 0.427. The Morgan fingerprint density at radius 3 is 2.68 bits per heavy atom. The maximum atomic E-state index is 7.12. The van der Waals surface area contributed by atoms with E-state index in [0.717, 1.165) is 28.2 Å². The van der Waals surface area contributed by atoms with E-state index >= 15 is 0 Å². The van der Waals surface area contributed by atoms with Crippen LogP contribution in [0, 0.1) is 5.53 Å². The molecular formula is C14H13N5. The molecule has 0 aliphatic heterocycles. The van der Waals surface area contributed by atoms with E-state index in [1.807, 2.05) is 42.5 Å². The lowest BCUT2D eigenvalue weighted by Gasteiger charge is -2.10. The van der Waals surface area contributed by atoms with Crippen molar-refractivity contribution in [2.45, 2.75) is 6.42 Å². The lowest BCUT2D eigenvalue weighted by Crippen LogP contribution is -2.09. The number of hydrogen-bond donors (Lipinski definition) is 3. The highest BCUT2D eigenvalue weighted by atomic mass is 15.1. The Hall–Kier alpha value is -2.69. The van der Waals surface area contributed by atoms with Gasteiger partial charge in [-0.1, -0.05) is 30.3 Å². The number of allylic oxidation sites excluding steroid dienone is 1. The van der Waals surface area contributed by atoms with Crippen LogP contribution in [0.1, 0.15) is 17.7 Å². The van der Waals surface area contributed by atoms with Crippen LogP contribution < -0.4 is 5.84 Å². The zero-order chi connectivity index (χ0) is 13.2. The Bertz CT molecular complexity index is 679. The van der Waals surface area contributed by atoms with Gasteiger partial charge in [0, 0.05) is 23.4 Å². The summed E-state index contributed by atoms with van der Waals surface area (Å²) in [5.74, 6) is 5.43. The van der Waals surface area contributed by atoms with Gasteiger partial charge in [0.15, 0.2) is 0 Å². The lowest BCUT2D eigenvalue weighted by molar-refractivity contribution is 1.02. The molecule has 5 nitrogen and oxygen atoms in total. The van der Waals surface area contributed by atoms with E-state index in [9.17, 15) is 0 Å². The van der Waals surface area contributed by atoms with Crippen LogP contribution in [-0.4, -0.2) is 10.7 Å². The number of nitrogens with two attached hydrogens (primary N) is 1. The van der Waals surface area contributed by atoms with E-state index < -0.39 is 0 Å². The van der Waals surface area contributed by atoms with Gasteiger partial charge in [-0.05, 0) is 17.7 Å². The van der Waals surface area contributed by atoms with Gasteiger partial charge in [-0.25, -0.2) is 5.53 Å². The minimum atomic E-state index is 0.499. The Morgan fingerprint density at radius 2 is 2.00 bits per heavy atom. The van der Waals surface area contributed by atoms with Crippen molar-refractivity contribution in [1.82, 2.24) is 4.98 Å². The topological polar surface area (TPSA) is 90.4 Å². The van der Waals surface area contributed by atoms with Gasteiger partial charge in [0.25, 0.3) is 0 Å². The highest BCUT2D eigenvalue weighted by Gasteiger charge is 2.19. The van der Waals surface area contributed by atoms with Crippen LogP contribution in [0.25, 0.3) is 17.3 Å². The first kappa shape index (κ1) is 11.4. The Morgan fingerprint density at radius 1 is 1.21 bits per heavy atom. The second kappa shape index (κ2) is 4.53. The second-order valence-corrected chi connectivity index (χ2v) is 4.38. The fraction of sp³-hybridized carbons (Fsp3) is 0.0714. The molecule has 4 N–H and O–H groups in total. The van der Waals surface area contributed by atoms with Gasteiger partial charge in [-0.3, -0.25) is 0 Å². The lowest BCUT2D eigenvalue weighted by atomic mass is 9.99. The van der Waals surface area contributed by atoms with Crippen LogP contribution in [0.2, 0.25) is 0 Å². The predicted molar refractivity (Wildman–Crippen MR) is 74.7 cm³/mol. The van der Waals surface area contributed by atoms with Crippen molar-refractivity contribution in [2.75, 3.05) is 0 Å². The van der Waals surface area contributed by atoms with Crippen molar-refractivity contribution < 1.29 is 0 Å². The third-order valence-electron chi connectivity index (χ3n) is 3.20. The summed E-state index contributed by atoms with van der Waals surface area (Å²) in [6.45, 7) is 0. The summed E-state index contributed by atoms with van der Waals surface area (Å²) in [5, 5.41) is 7.29. The van der Waals surface area contributed by atoms with Gasteiger partial charge < -0.3 is 10.8 Å². The van der Waals surface area contributed by atoms with Gasteiger partial charge in [0.05, 0.1) is 11.4 Å². The number of H-pyrrole nitrogens is 1. The van der Waals surface area contributed by atoms with E-state index in [4.69, 9.17) is 11.4 Å². The highest BCUT2D eigenvalue weighted by molar-refractivity contribution is 6.07. The molecule has 0 radical (unpaired) electrons. The summed E-state index contributed by atoms with van der Waals surface area (Å²) in [7, 11) is 0. The summed E-state index contributed by atoms with van der Waals surface area (Å²) in [5.41, 5.74) is 12.5. The van der Waals surface area contributed by atoms with E-state index in [1.165, 1.54) is 0 Å². The number of aromatic nitrogens is 1. The Labute approximate surface area is 110 Å². The van der Waals surface area contributed by atoms with E-state index in [-0.39, 0.29) is 0 Å². The van der Waals surface area contributed by atoms with Crippen molar-refractivity contribution in [1.29, 1.82) is 5.53 Å². The standard InChI is InChI=1S/C14H13N5/c15-18-10-6-13-11(14(7-10)19-16)8-12(17-13)9-4-2-1-3-5-9/h1-6,8,15,17H,7,16H2. The van der Waals surface area contributed by atoms with Crippen molar-refractivity contribution in [2.24, 2.45) is 16.1 Å². The maximum Gasteiger partial charge on any atom is 0.0754 e. The number of hydrazone groups is 1. The number of hydrogen-bond acceptors (Lipinski definition) is 4. The first-order valence-electron chi connectivity index (χ1n) is 5.95. The van der Waals surface area contributed by atoms with Crippen LogP contribution in [0.3, 0.4) is 0 Å². The molecule has 0 amide bonds. The normalized spacial score (nSPS) is 16.0. The van der Waals surface area contributed by atoms with Crippen molar-refractivity contribution in [3.63, 3.8) is 0 Å². The van der Waals surface area contributed by atoms with Gasteiger partial charge in [0.2, 0.25) is 0 Å². The summed E-state index contributed by atoms with van der Waals surface area (Å²) >= 11 is 0. The molecular weight excluding hydrogens is 238 g/mol. The summed E-state index contributed by atoms with van der Waals surface area (Å²) < 4.78 is 0. The SMILES string of the molecule is N=NC1=Cc2[nH]c(-c3ccccc3)cc2C(=NN)C1. The number of fused-ring (bicyclic) bond motifs is 1. The molecule has 1 heterocycles. The first-order valence-corrected chi connectivity index (χ1v) is 5.95. The number of nitrogens with one attached hydrogen (secondary N) is 2. The summed E-state index contributed by atoms with van der Waals surface area (Å²) in [6.07, 6.45) is 2.36. The molecule has 5 heteroatoms. The first-order chi connectivity index (χ1) is 9.31. The van der Waals surface area contributed by atoms with Crippen molar-refractivity contribution in [3.8, 4) is 11.3 Å². The zero-order valence-corrected chi connectivity index (χ0v) is 10.2. The summed E-state index contributed by atoms with van der Waals surface area (Å²) in [4.78, 5) is 3.32. The fourth-order valence-corrected chi connectivity index (χ4v) is 2.27. The minimum absolute atomic E-state index is 0.499. The molecule has 0 saturated carbocycles. The number of benzene rings is 1. The van der Waals surface area contributed by atoms with E-state index in [1.54, 1.807) is 0 Å². The Balaban J connectivity index is 2.13. The third kappa shape index (κ3) is 1.95. The molecule has 0 bridgehead atoms. The highest BCUT2D eigenvalue weighted by Crippen LogP contribution is 2.29. The van der Waals surface area contributed by atoms with Crippen LogP contribution >= 0.6 is 0 Å². The molecule has 3 rings (SSSR count). The van der Waals surface area contributed by atoms with Crippen LogP contribution in [0.15, 0.2) is 52.3 Å². The van der Waals surface area contributed by atoms with Gasteiger partial charge >= 0.3 is 0 Å². The molecule has 94 valence electrons.